The van der Waals surface area contributed by atoms with Crippen LogP contribution in [0.15, 0.2) is 0 Å². The van der Waals surface area contributed by atoms with Crippen LogP contribution < -0.4 is 33.6 Å². The predicted molar refractivity (Wildman–Crippen MR) is 148 cm³/mol. The average molecular weight is 489 g/mol. The van der Waals surface area contributed by atoms with Crippen molar-refractivity contribution in [3.8, 4) is 0 Å². The van der Waals surface area contributed by atoms with Crippen LogP contribution in [0.3, 0.4) is 0 Å². The van der Waals surface area contributed by atoms with Gasteiger partial charge in [0.15, 0.2) is 0 Å². The summed E-state index contributed by atoms with van der Waals surface area (Å²) in [5, 5.41) is 6.95. The minimum Gasteiger partial charge on any atom is -0.329 e. The molecule has 0 heterocycles. The number of rotatable bonds is 27. The fraction of sp³-hybridized carbons (Fsp3) is 1.00. The van der Waals surface area contributed by atoms with Crippen molar-refractivity contribution in [1.29, 1.82) is 0 Å². The quantitative estimate of drug-likeness (QED) is 0.0721. The molecule has 0 aromatic heterocycles. The van der Waals surface area contributed by atoms with E-state index in [4.69, 9.17) is 22.9 Å². The maximum Gasteiger partial charge on any atom is 0.0110 e. The number of hydrogen-bond donors (Lipinski definition) is 6. The third kappa shape index (κ3) is 19.9. The van der Waals surface area contributed by atoms with E-state index in [0.29, 0.717) is 26.2 Å². The first-order valence-corrected chi connectivity index (χ1v) is 13.8. The molecule has 0 fully saturated rings. The summed E-state index contributed by atoms with van der Waals surface area (Å²) in [6.07, 6.45) is 2.33. The minimum absolute atomic E-state index is 0.677. The van der Waals surface area contributed by atoms with Gasteiger partial charge in [-0.3, -0.25) is 14.7 Å². The molecule has 0 aliphatic heterocycles. The second-order valence-corrected chi connectivity index (χ2v) is 9.02. The van der Waals surface area contributed by atoms with Crippen molar-refractivity contribution < 1.29 is 0 Å². The van der Waals surface area contributed by atoms with Crippen LogP contribution in [0.5, 0.6) is 0 Å². The smallest absolute Gasteiger partial charge is 0.0110 e. The van der Waals surface area contributed by atoms with Crippen LogP contribution in [0, 0.1) is 0 Å². The van der Waals surface area contributed by atoms with Gasteiger partial charge in [-0.2, -0.15) is 0 Å². The second kappa shape index (κ2) is 25.7. The Morgan fingerprint density at radius 2 is 0.765 bits per heavy atom. The van der Waals surface area contributed by atoms with Gasteiger partial charge in [0.2, 0.25) is 0 Å². The zero-order valence-electron chi connectivity index (χ0n) is 22.7. The molecule has 0 unspecified atom stereocenters. The van der Waals surface area contributed by atoms with Gasteiger partial charge in [-0.1, -0.05) is 13.8 Å². The summed E-state index contributed by atoms with van der Waals surface area (Å²) in [4.78, 5) is 10.0. The summed E-state index contributed by atoms with van der Waals surface area (Å²) in [6, 6.07) is 0. The monoisotopic (exact) mass is 489 g/mol. The van der Waals surface area contributed by atoms with E-state index in [-0.39, 0.29) is 0 Å². The molecule has 10 N–H and O–H groups in total. The molecule has 10 nitrogen and oxygen atoms in total. The number of nitrogens with zero attached hydrogens (tertiary/aromatic N) is 4. The Morgan fingerprint density at radius 1 is 0.382 bits per heavy atom. The summed E-state index contributed by atoms with van der Waals surface area (Å²) in [5.41, 5.74) is 23.3. The fourth-order valence-corrected chi connectivity index (χ4v) is 4.06. The van der Waals surface area contributed by atoms with Crippen molar-refractivity contribution in [2.75, 3.05) is 131 Å². The molecule has 0 spiro atoms. The SMILES string of the molecule is CCCNCCN(CCN)CCN(CCNCCN)CCN(CCN)CCN(CCC)CCN. The molecule has 0 aromatic carbocycles. The number of nitrogens with one attached hydrogen (secondary N) is 2. The van der Waals surface area contributed by atoms with E-state index in [1.807, 2.05) is 0 Å². The summed E-state index contributed by atoms with van der Waals surface area (Å²) >= 11 is 0. The van der Waals surface area contributed by atoms with Gasteiger partial charge in [-0.05, 0) is 25.9 Å². The molecule has 0 saturated heterocycles. The van der Waals surface area contributed by atoms with Gasteiger partial charge >= 0.3 is 0 Å². The van der Waals surface area contributed by atoms with Gasteiger partial charge in [0, 0.05) is 118 Å². The Morgan fingerprint density at radius 3 is 1.15 bits per heavy atom. The molecule has 0 aliphatic rings. The van der Waals surface area contributed by atoms with E-state index in [9.17, 15) is 0 Å². The topological polar surface area (TPSA) is 141 Å². The zero-order valence-corrected chi connectivity index (χ0v) is 22.7. The Labute approximate surface area is 211 Å². The third-order valence-corrected chi connectivity index (χ3v) is 6.03. The Kier molecular flexibility index (Phi) is 25.4. The average Bonchev–Trinajstić information content (AvgIpc) is 2.83. The first kappa shape index (κ1) is 33.6. The van der Waals surface area contributed by atoms with E-state index in [0.717, 1.165) is 111 Å². The van der Waals surface area contributed by atoms with Crippen molar-refractivity contribution in [2.45, 2.75) is 26.7 Å². The molecule has 206 valence electrons. The molecular weight excluding hydrogens is 428 g/mol. The van der Waals surface area contributed by atoms with Crippen molar-refractivity contribution >= 4 is 0 Å². The molecule has 34 heavy (non-hydrogen) atoms. The standard InChI is InChI=1S/C24H60N10/c1-3-9-29-11-17-32(15-7-27)20-23-34(18-12-30-10-5-25)24-22-33(16-8-28)21-19-31(13-4-2)14-6-26/h29-30H,3-28H2,1-2H3. The number of hydrogen-bond acceptors (Lipinski definition) is 10. The van der Waals surface area contributed by atoms with E-state index >= 15 is 0 Å². The van der Waals surface area contributed by atoms with Crippen molar-refractivity contribution in [1.82, 2.24) is 30.2 Å². The lowest BCUT2D eigenvalue weighted by Gasteiger charge is -2.31. The van der Waals surface area contributed by atoms with Gasteiger partial charge in [-0.15, -0.1) is 0 Å². The lowest BCUT2D eigenvalue weighted by molar-refractivity contribution is 0.164. The van der Waals surface area contributed by atoms with Gasteiger partial charge < -0.3 is 38.5 Å². The highest BCUT2D eigenvalue weighted by molar-refractivity contribution is 4.70. The molecule has 0 aromatic rings. The van der Waals surface area contributed by atoms with Crippen LogP contribution in [0.4, 0.5) is 0 Å². The Hall–Kier alpha value is -0.400. The second-order valence-electron chi connectivity index (χ2n) is 9.02. The van der Waals surface area contributed by atoms with E-state index in [1.54, 1.807) is 0 Å². The lowest BCUT2D eigenvalue weighted by atomic mass is 10.3. The highest BCUT2D eigenvalue weighted by Gasteiger charge is 2.13. The van der Waals surface area contributed by atoms with Crippen molar-refractivity contribution in [3.05, 3.63) is 0 Å². The molecule has 0 amide bonds. The molecular formula is C24H60N10. The van der Waals surface area contributed by atoms with E-state index in [2.05, 4.69) is 44.1 Å². The normalized spacial score (nSPS) is 12.2. The Bertz CT molecular complexity index is 396. The zero-order chi connectivity index (χ0) is 25.3. The molecule has 0 rings (SSSR count). The number of nitrogens with two attached hydrogens (primary N) is 4. The van der Waals surface area contributed by atoms with Crippen LogP contribution >= 0.6 is 0 Å². The molecule has 0 radical (unpaired) electrons. The fourth-order valence-electron chi connectivity index (χ4n) is 4.06. The van der Waals surface area contributed by atoms with Gasteiger partial charge in [0.05, 0.1) is 0 Å². The highest BCUT2D eigenvalue weighted by atomic mass is 15.2. The summed E-state index contributed by atoms with van der Waals surface area (Å²) < 4.78 is 0. The van der Waals surface area contributed by atoms with Crippen LogP contribution in [-0.2, 0) is 0 Å². The van der Waals surface area contributed by atoms with Crippen LogP contribution in [0.25, 0.3) is 0 Å². The minimum atomic E-state index is 0.677. The third-order valence-electron chi connectivity index (χ3n) is 6.03. The molecule has 0 atom stereocenters. The molecule has 0 bridgehead atoms. The van der Waals surface area contributed by atoms with Crippen LogP contribution in [0.2, 0.25) is 0 Å². The predicted octanol–water partition coefficient (Wildman–Crippen LogP) is -1.97. The largest absolute Gasteiger partial charge is 0.329 e. The summed E-state index contributed by atoms with van der Waals surface area (Å²) in [5.74, 6) is 0. The van der Waals surface area contributed by atoms with E-state index < -0.39 is 0 Å². The van der Waals surface area contributed by atoms with Gasteiger partial charge in [0.25, 0.3) is 0 Å². The first-order valence-electron chi connectivity index (χ1n) is 13.8. The van der Waals surface area contributed by atoms with Crippen LogP contribution in [0.1, 0.15) is 26.7 Å². The lowest BCUT2D eigenvalue weighted by Crippen LogP contribution is -2.46. The highest BCUT2D eigenvalue weighted by Crippen LogP contribution is 1.98. The maximum absolute atomic E-state index is 5.94. The van der Waals surface area contributed by atoms with Crippen molar-refractivity contribution in [3.63, 3.8) is 0 Å². The van der Waals surface area contributed by atoms with Crippen molar-refractivity contribution in [2.24, 2.45) is 22.9 Å². The summed E-state index contributed by atoms with van der Waals surface area (Å²) in [7, 11) is 0. The Balaban J connectivity index is 4.76. The van der Waals surface area contributed by atoms with Gasteiger partial charge in [0.1, 0.15) is 0 Å². The van der Waals surface area contributed by atoms with Gasteiger partial charge in [-0.25, -0.2) is 0 Å². The summed E-state index contributed by atoms with van der Waals surface area (Å²) in [6.45, 7) is 23.4. The maximum atomic E-state index is 5.94. The molecule has 0 saturated carbocycles. The first-order chi connectivity index (χ1) is 16.6. The molecule has 0 aliphatic carbocycles. The van der Waals surface area contributed by atoms with Crippen LogP contribution in [-0.4, -0.2) is 150 Å². The van der Waals surface area contributed by atoms with E-state index in [1.165, 1.54) is 6.42 Å². The molecule has 10 heteroatoms.